The lowest BCUT2D eigenvalue weighted by atomic mass is 10.2. The van der Waals surface area contributed by atoms with Crippen LogP contribution in [0.15, 0.2) is 24.3 Å². The van der Waals surface area contributed by atoms with Crippen LogP contribution in [0.3, 0.4) is 0 Å². The number of nitrogens with one attached hydrogen (secondary N) is 1. The first kappa shape index (κ1) is 9.29. The van der Waals surface area contributed by atoms with Crippen molar-refractivity contribution >= 4 is 14.7 Å². The van der Waals surface area contributed by atoms with Crippen molar-refractivity contribution in [3.05, 3.63) is 29.8 Å². The zero-order valence-corrected chi connectivity index (χ0v) is 8.72. The van der Waals surface area contributed by atoms with Crippen molar-refractivity contribution in [2.45, 2.75) is 20.0 Å². The molecule has 0 aromatic heterocycles. The smallest absolute Gasteiger partial charge is 0.244 e. The van der Waals surface area contributed by atoms with Crippen LogP contribution >= 0.6 is 0 Å². The van der Waals surface area contributed by atoms with E-state index in [4.69, 9.17) is 4.53 Å². The van der Waals surface area contributed by atoms with E-state index in [9.17, 15) is 0 Å². The van der Waals surface area contributed by atoms with Crippen LogP contribution in [-0.2, 0) is 4.53 Å². The topological polar surface area (TPSA) is 21.3 Å². The molecule has 0 spiro atoms. The Bertz CT molecular complexity index is 250. The average molecular weight is 180 g/mol. The van der Waals surface area contributed by atoms with Gasteiger partial charge in [-0.2, -0.15) is 0 Å². The Labute approximate surface area is 75.2 Å². The summed E-state index contributed by atoms with van der Waals surface area (Å²) in [6, 6.07) is 8.14. The third-order valence-electron chi connectivity index (χ3n) is 1.39. The fourth-order valence-electron chi connectivity index (χ4n) is 0.870. The SMILES string of the molecule is Cc1cccc(NO[Si](C)C)c1. The van der Waals surface area contributed by atoms with E-state index in [0.29, 0.717) is 0 Å². The van der Waals surface area contributed by atoms with Crippen LogP contribution in [0, 0.1) is 6.92 Å². The molecule has 0 saturated heterocycles. The number of anilines is 1. The fourth-order valence-corrected chi connectivity index (χ4v) is 1.19. The molecule has 3 heteroatoms. The molecule has 0 atom stereocenters. The van der Waals surface area contributed by atoms with E-state index in [1.807, 2.05) is 12.1 Å². The molecular weight excluding hydrogens is 166 g/mol. The molecule has 1 aromatic carbocycles. The van der Waals surface area contributed by atoms with Gasteiger partial charge in [-0.25, -0.2) is 0 Å². The van der Waals surface area contributed by atoms with Gasteiger partial charge >= 0.3 is 0 Å². The van der Waals surface area contributed by atoms with E-state index in [2.05, 4.69) is 37.6 Å². The highest BCUT2D eigenvalue weighted by Crippen LogP contribution is 2.09. The lowest BCUT2D eigenvalue weighted by Gasteiger charge is -2.08. The van der Waals surface area contributed by atoms with Crippen molar-refractivity contribution in [1.82, 2.24) is 0 Å². The minimum atomic E-state index is -0.656. The summed E-state index contributed by atoms with van der Waals surface area (Å²) in [5.74, 6) is 0. The molecule has 0 bridgehead atoms. The van der Waals surface area contributed by atoms with Gasteiger partial charge in [0.05, 0.1) is 5.69 Å². The zero-order valence-electron chi connectivity index (χ0n) is 7.72. The second-order valence-electron chi connectivity index (χ2n) is 2.98. The van der Waals surface area contributed by atoms with Crippen molar-refractivity contribution in [3.8, 4) is 0 Å². The third-order valence-corrected chi connectivity index (χ3v) is 1.90. The molecule has 1 aromatic rings. The molecule has 0 aliphatic heterocycles. The van der Waals surface area contributed by atoms with Gasteiger partial charge in [-0.15, -0.1) is 0 Å². The highest BCUT2D eigenvalue weighted by molar-refractivity contribution is 6.48. The molecule has 1 radical (unpaired) electrons. The van der Waals surface area contributed by atoms with Crippen LogP contribution in [0.2, 0.25) is 13.1 Å². The Morgan fingerprint density at radius 2 is 2.08 bits per heavy atom. The van der Waals surface area contributed by atoms with Gasteiger partial charge in [-0.05, 0) is 37.7 Å². The predicted molar refractivity (Wildman–Crippen MR) is 53.4 cm³/mol. The second kappa shape index (κ2) is 4.28. The molecule has 0 heterocycles. The Morgan fingerprint density at radius 3 is 2.67 bits per heavy atom. The second-order valence-corrected chi connectivity index (χ2v) is 5.00. The largest absolute Gasteiger partial charge is 0.323 e. The Morgan fingerprint density at radius 1 is 1.33 bits per heavy atom. The van der Waals surface area contributed by atoms with Gasteiger partial charge < -0.3 is 4.53 Å². The summed E-state index contributed by atoms with van der Waals surface area (Å²) in [7, 11) is -0.656. The Kier molecular flexibility index (Phi) is 3.31. The van der Waals surface area contributed by atoms with Crippen molar-refractivity contribution in [2.75, 3.05) is 5.48 Å². The first-order valence-electron chi connectivity index (χ1n) is 3.98. The van der Waals surface area contributed by atoms with Crippen molar-refractivity contribution < 1.29 is 4.53 Å². The monoisotopic (exact) mass is 180 g/mol. The number of hydrogen-bond donors (Lipinski definition) is 1. The summed E-state index contributed by atoms with van der Waals surface area (Å²) in [5, 5.41) is 0. The van der Waals surface area contributed by atoms with Crippen LogP contribution in [0.5, 0.6) is 0 Å². The van der Waals surface area contributed by atoms with E-state index in [-0.39, 0.29) is 0 Å². The van der Waals surface area contributed by atoms with Gasteiger partial charge in [0.25, 0.3) is 0 Å². The minimum Gasteiger partial charge on any atom is -0.323 e. The zero-order chi connectivity index (χ0) is 8.97. The van der Waals surface area contributed by atoms with Crippen molar-refractivity contribution in [3.63, 3.8) is 0 Å². The van der Waals surface area contributed by atoms with Gasteiger partial charge in [0, 0.05) is 0 Å². The minimum absolute atomic E-state index is 0.656. The molecule has 0 amide bonds. The van der Waals surface area contributed by atoms with E-state index < -0.39 is 9.04 Å². The maximum absolute atomic E-state index is 5.33. The normalized spacial score (nSPS) is 10.3. The summed E-state index contributed by atoms with van der Waals surface area (Å²) in [4.78, 5) is 0. The lowest BCUT2D eigenvalue weighted by Crippen LogP contribution is -2.13. The third kappa shape index (κ3) is 3.07. The van der Waals surface area contributed by atoms with Crippen LogP contribution < -0.4 is 5.48 Å². The maximum atomic E-state index is 5.33. The average Bonchev–Trinajstić information content (AvgIpc) is 2.01. The standard InChI is InChI=1S/C9H14NOSi/c1-8-5-4-6-9(7-8)10-11-12(2)3/h4-7,10H,1-3H3. The van der Waals surface area contributed by atoms with Gasteiger partial charge in [0.2, 0.25) is 9.04 Å². The van der Waals surface area contributed by atoms with Gasteiger partial charge in [0.15, 0.2) is 0 Å². The Balaban J connectivity index is 2.52. The molecule has 1 N–H and O–H groups in total. The van der Waals surface area contributed by atoms with Crippen LogP contribution in [0.4, 0.5) is 5.69 Å². The molecule has 0 aliphatic rings. The predicted octanol–water partition coefficient (Wildman–Crippen LogP) is 2.59. The number of benzene rings is 1. The van der Waals surface area contributed by atoms with Crippen LogP contribution in [0.1, 0.15) is 5.56 Å². The van der Waals surface area contributed by atoms with Gasteiger partial charge in [0.1, 0.15) is 0 Å². The van der Waals surface area contributed by atoms with E-state index in [1.165, 1.54) is 5.56 Å². The van der Waals surface area contributed by atoms with Crippen LogP contribution in [0.25, 0.3) is 0 Å². The molecule has 0 saturated carbocycles. The molecule has 0 fully saturated rings. The lowest BCUT2D eigenvalue weighted by molar-refractivity contribution is 0.419. The number of hydrogen-bond acceptors (Lipinski definition) is 2. The summed E-state index contributed by atoms with van der Waals surface area (Å²) < 4.78 is 5.33. The summed E-state index contributed by atoms with van der Waals surface area (Å²) >= 11 is 0. The maximum Gasteiger partial charge on any atom is 0.244 e. The molecular formula is C9H14NOSi. The Hall–Kier alpha value is -0.803. The number of rotatable bonds is 3. The molecule has 12 heavy (non-hydrogen) atoms. The summed E-state index contributed by atoms with van der Waals surface area (Å²) in [6.07, 6.45) is 0. The highest BCUT2D eigenvalue weighted by atomic mass is 28.3. The van der Waals surface area contributed by atoms with Crippen molar-refractivity contribution in [1.29, 1.82) is 0 Å². The molecule has 65 valence electrons. The first-order chi connectivity index (χ1) is 5.68. The highest BCUT2D eigenvalue weighted by Gasteiger charge is 1.96. The van der Waals surface area contributed by atoms with Gasteiger partial charge in [-0.1, -0.05) is 12.1 Å². The van der Waals surface area contributed by atoms with Crippen LogP contribution in [-0.4, -0.2) is 9.04 Å². The summed E-state index contributed by atoms with van der Waals surface area (Å²) in [6.45, 7) is 6.25. The first-order valence-corrected chi connectivity index (χ1v) is 6.39. The molecule has 0 aliphatic carbocycles. The van der Waals surface area contributed by atoms with E-state index in [0.717, 1.165) is 5.69 Å². The molecule has 2 nitrogen and oxygen atoms in total. The summed E-state index contributed by atoms with van der Waals surface area (Å²) in [5.41, 5.74) is 5.20. The number of aryl methyl sites for hydroxylation is 1. The van der Waals surface area contributed by atoms with E-state index in [1.54, 1.807) is 0 Å². The van der Waals surface area contributed by atoms with E-state index >= 15 is 0 Å². The van der Waals surface area contributed by atoms with Crippen molar-refractivity contribution in [2.24, 2.45) is 0 Å². The molecule has 1 rings (SSSR count). The van der Waals surface area contributed by atoms with Gasteiger partial charge in [-0.3, -0.25) is 5.48 Å². The quantitative estimate of drug-likeness (QED) is 0.570. The molecule has 0 unspecified atom stereocenters. The fraction of sp³-hybridized carbons (Fsp3) is 0.333.